The molecule has 0 radical (unpaired) electrons. The van der Waals surface area contributed by atoms with E-state index in [9.17, 15) is 9.59 Å². The zero-order chi connectivity index (χ0) is 13.6. The predicted octanol–water partition coefficient (Wildman–Crippen LogP) is 0.297. The fraction of sp³-hybridized carbons (Fsp3) is 0.833. The quantitative estimate of drug-likeness (QED) is 0.729. The fourth-order valence-corrected chi connectivity index (χ4v) is 1.34. The van der Waals surface area contributed by atoms with Gasteiger partial charge in [-0.25, -0.2) is 0 Å². The van der Waals surface area contributed by atoms with Crippen LogP contribution in [0.1, 0.15) is 27.2 Å². The van der Waals surface area contributed by atoms with Crippen molar-refractivity contribution in [2.24, 2.45) is 11.7 Å². The molecule has 1 atom stereocenters. The Morgan fingerprint density at radius 3 is 2.12 bits per heavy atom. The highest BCUT2D eigenvalue weighted by molar-refractivity contribution is 5.87. The molecule has 0 fully saturated rings. The maximum atomic E-state index is 12.1. The lowest BCUT2D eigenvalue weighted by Gasteiger charge is -2.27. The van der Waals surface area contributed by atoms with E-state index in [1.807, 2.05) is 20.8 Å². The normalized spacial score (nSPS) is 12.4. The summed E-state index contributed by atoms with van der Waals surface area (Å²) >= 11 is 0. The second kappa shape index (κ2) is 7.27. The van der Waals surface area contributed by atoms with E-state index in [4.69, 9.17) is 5.73 Å². The van der Waals surface area contributed by atoms with Crippen molar-refractivity contribution in [3.05, 3.63) is 0 Å². The van der Waals surface area contributed by atoms with Crippen LogP contribution in [0.15, 0.2) is 0 Å². The largest absolute Gasteiger partial charge is 0.347 e. The van der Waals surface area contributed by atoms with E-state index in [0.717, 1.165) is 6.42 Å². The maximum Gasteiger partial charge on any atom is 0.241 e. The van der Waals surface area contributed by atoms with Gasteiger partial charge < -0.3 is 15.5 Å². The lowest BCUT2D eigenvalue weighted by Crippen LogP contribution is -2.49. The van der Waals surface area contributed by atoms with Crippen LogP contribution >= 0.6 is 0 Å². The van der Waals surface area contributed by atoms with Crippen LogP contribution < -0.4 is 5.73 Å². The molecule has 0 saturated carbocycles. The Balaban J connectivity index is 4.62. The van der Waals surface area contributed by atoms with Crippen molar-refractivity contribution < 1.29 is 9.59 Å². The van der Waals surface area contributed by atoms with Crippen molar-refractivity contribution in [2.45, 2.75) is 33.2 Å². The zero-order valence-corrected chi connectivity index (χ0v) is 11.6. The maximum absolute atomic E-state index is 12.1. The number of likely N-dealkylation sites (N-methyl/N-ethyl adjacent to an activating group) is 1. The molecule has 0 aromatic heterocycles. The van der Waals surface area contributed by atoms with Gasteiger partial charge in [0.05, 0.1) is 12.6 Å². The molecular weight excluding hydrogens is 218 g/mol. The molecule has 0 aliphatic rings. The van der Waals surface area contributed by atoms with Gasteiger partial charge in [-0.1, -0.05) is 20.8 Å². The van der Waals surface area contributed by atoms with Gasteiger partial charge >= 0.3 is 0 Å². The van der Waals surface area contributed by atoms with Gasteiger partial charge in [-0.15, -0.1) is 0 Å². The van der Waals surface area contributed by atoms with Gasteiger partial charge in [0, 0.05) is 20.6 Å². The van der Waals surface area contributed by atoms with Crippen LogP contribution in [0.5, 0.6) is 0 Å². The molecule has 0 saturated heterocycles. The summed E-state index contributed by atoms with van der Waals surface area (Å²) in [5.74, 6) is -0.142. The van der Waals surface area contributed by atoms with E-state index < -0.39 is 6.04 Å². The number of nitrogens with two attached hydrogens (primary N) is 1. The summed E-state index contributed by atoms with van der Waals surface area (Å²) in [4.78, 5) is 26.7. The van der Waals surface area contributed by atoms with E-state index in [1.165, 1.54) is 4.90 Å². The van der Waals surface area contributed by atoms with Gasteiger partial charge in [0.15, 0.2) is 0 Å². The number of carbonyl (C=O) groups excluding carboxylic acids is 2. The first-order valence-electron chi connectivity index (χ1n) is 6.05. The molecule has 100 valence electrons. The molecule has 0 bridgehead atoms. The van der Waals surface area contributed by atoms with E-state index in [-0.39, 0.29) is 24.3 Å². The molecule has 0 aromatic rings. The summed E-state index contributed by atoms with van der Waals surface area (Å²) in [7, 11) is 3.36. The van der Waals surface area contributed by atoms with Gasteiger partial charge in [0.25, 0.3) is 0 Å². The van der Waals surface area contributed by atoms with E-state index in [1.54, 1.807) is 19.0 Å². The van der Waals surface area contributed by atoms with Gasteiger partial charge in [0.1, 0.15) is 0 Å². The summed E-state index contributed by atoms with van der Waals surface area (Å²) in [6, 6.07) is -0.531. The van der Waals surface area contributed by atoms with Crippen molar-refractivity contribution in [1.29, 1.82) is 0 Å². The fourth-order valence-electron chi connectivity index (χ4n) is 1.34. The number of rotatable bonds is 6. The minimum atomic E-state index is -0.531. The molecule has 0 rings (SSSR count). The minimum Gasteiger partial charge on any atom is -0.347 e. The highest BCUT2D eigenvalue weighted by Crippen LogP contribution is 2.05. The van der Waals surface area contributed by atoms with Crippen molar-refractivity contribution in [3.8, 4) is 0 Å². The first kappa shape index (κ1) is 15.9. The third kappa shape index (κ3) is 5.17. The smallest absolute Gasteiger partial charge is 0.241 e. The van der Waals surface area contributed by atoms with Crippen LogP contribution in [0.25, 0.3) is 0 Å². The Kier molecular flexibility index (Phi) is 6.80. The molecule has 5 nitrogen and oxygen atoms in total. The van der Waals surface area contributed by atoms with Crippen LogP contribution in [-0.2, 0) is 9.59 Å². The van der Waals surface area contributed by atoms with Crippen molar-refractivity contribution >= 4 is 11.8 Å². The van der Waals surface area contributed by atoms with Crippen LogP contribution in [-0.4, -0.2) is 54.8 Å². The standard InChI is InChI=1S/C12H25N3O2/c1-6-7-15(8-10(16)14(4)5)12(17)11(13)9(2)3/h9,11H,6-8,13H2,1-5H3/t11-/m0/s1. The lowest BCUT2D eigenvalue weighted by atomic mass is 10.0. The van der Waals surface area contributed by atoms with Gasteiger partial charge in [-0.3, -0.25) is 9.59 Å². The first-order chi connectivity index (χ1) is 7.81. The number of carbonyl (C=O) groups is 2. The average molecular weight is 243 g/mol. The Morgan fingerprint density at radius 1 is 1.24 bits per heavy atom. The monoisotopic (exact) mass is 243 g/mol. The van der Waals surface area contributed by atoms with Crippen molar-refractivity contribution in [3.63, 3.8) is 0 Å². The molecule has 0 aliphatic carbocycles. The molecule has 2 amide bonds. The SMILES string of the molecule is CCCN(CC(=O)N(C)C)C(=O)[C@@H](N)C(C)C. The summed E-state index contributed by atoms with van der Waals surface area (Å²) in [5, 5.41) is 0. The highest BCUT2D eigenvalue weighted by Gasteiger charge is 2.24. The summed E-state index contributed by atoms with van der Waals surface area (Å²) in [6.45, 7) is 6.46. The number of hydrogen-bond donors (Lipinski definition) is 1. The lowest BCUT2D eigenvalue weighted by molar-refractivity contribution is -0.140. The first-order valence-corrected chi connectivity index (χ1v) is 6.05. The van der Waals surface area contributed by atoms with Crippen molar-refractivity contribution in [2.75, 3.05) is 27.2 Å². The van der Waals surface area contributed by atoms with Crippen LogP contribution in [0, 0.1) is 5.92 Å². The average Bonchev–Trinajstić information content (AvgIpc) is 2.25. The number of amides is 2. The summed E-state index contributed by atoms with van der Waals surface area (Å²) < 4.78 is 0. The van der Waals surface area contributed by atoms with Gasteiger partial charge in [-0.05, 0) is 12.3 Å². The molecule has 0 unspecified atom stereocenters. The topological polar surface area (TPSA) is 66.6 Å². The molecule has 0 spiro atoms. The minimum absolute atomic E-state index is 0.0799. The van der Waals surface area contributed by atoms with Gasteiger partial charge in [0.2, 0.25) is 11.8 Å². The van der Waals surface area contributed by atoms with E-state index >= 15 is 0 Å². The second-order valence-corrected chi connectivity index (χ2v) is 4.82. The molecule has 0 heterocycles. The Bertz CT molecular complexity index is 264. The highest BCUT2D eigenvalue weighted by atomic mass is 16.2. The Morgan fingerprint density at radius 2 is 1.76 bits per heavy atom. The number of hydrogen-bond acceptors (Lipinski definition) is 3. The third-order valence-corrected chi connectivity index (χ3v) is 2.63. The second-order valence-electron chi connectivity index (χ2n) is 4.82. The molecule has 17 heavy (non-hydrogen) atoms. The van der Waals surface area contributed by atoms with Crippen LogP contribution in [0.4, 0.5) is 0 Å². The van der Waals surface area contributed by atoms with E-state index in [0.29, 0.717) is 6.54 Å². The van der Waals surface area contributed by atoms with Gasteiger partial charge in [-0.2, -0.15) is 0 Å². The Hall–Kier alpha value is -1.10. The van der Waals surface area contributed by atoms with Crippen LogP contribution in [0.3, 0.4) is 0 Å². The molecular formula is C12H25N3O2. The van der Waals surface area contributed by atoms with Crippen molar-refractivity contribution in [1.82, 2.24) is 9.80 Å². The zero-order valence-electron chi connectivity index (χ0n) is 11.6. The molecule has 5 heteroatoms. The number of nitrogens with zero attached hydrogens (tertiary/aromatic N) is 2. The Labute approximate surface area is 104 Å². The van der Waals surface area contributed by atoms with Crippen LogP contribution in [0.2, 0.25) is 0 Å². The predicted molar refractivity (Wildman–Crippen MR) is 68.4 cm³/mol. The van der Waals surface area contributed by atoms with E-state index in [2.05, 4.69) is 0 Å². The molecule has 0 aromatic carbocycles. The summed E-state index contributed by atoms with van der Waals surface area (Å²) in [5.41, 5.74) is 5.83. The molecule has 2 N–H and O–H groups in total. The summed E-state index contributed by atoms with van der Waals surface area (Å²) in [6.07, 6.45) is 0.817. The molecule has 0 aliphatic heterocycles. The third-order valence-electron chi connectivity index (χ3n) is 2.63.